The van der Waals surface area contributed by atoms with Crippen LogP contribution in [0.5, 0.6) is 0 Å². The number of thioether (sulfide) groups is 1. The van der Waals surface area contributed by atoms with Crippen molar-refractivity contribution in [1.82, 2.24) is 19.7 Å². The van der Waals surface area contributed by atoms with Crippen LogP contribution >= 0.6 is 34.7 Å². The van der Waals surface area contributed by atoms with Gasteiger partial charge in [0.25, 0.3) is 0 Å². The maximum Gasteiger partial charge on any atom is 0.192 e. The number of aromatic nitrogens is 4. The van der Waals surface area contributed by atoms with E-state index in [4.69, 9.17) is 21.0 Å². The Labute approximate surface area is 182 Å². The molecular weight excluding hydrogens is 424 g/mol. The monoisotopic (exact) mass is 442 g/mol. The summed E-state index contributed by atoms with van der Waals surface area (Å²) in [6.07, 6.45) is 8.20. The number of halogens is 1. The molecule has 5 rings (SSSR count). The fourth-order valence-electron chi connectivity index (χ4n) is 3.72. The van der Waals surface area contributed by atoms with E-state index in [2.05, 4.69) is 20.1 Å². The van der Waals surface area contributed by atoms with Gasteiger partial charge in [0.15, 0.2) is 11.0 Å². The molecule has 0 unspecified atom stereocenters. The Bertz CT molecular complexity index is 1100. The van der Waals surface area contributed by atoms with E-state index in [0.29, 0.717) is 11.1 Å². The van der Waals surface area contributed by atoms with Gasteiger partial charge < -0.3 is 4.42 Å². The molecule has 5 nitrogen and oxygen atoms in total. The van der Waals surface area contributed by atoms with Crippen LogP contribution in [0.15, 0.2) is 57.8 Å². The van der Waals surface area contributed by atoms with Crippen LogP contribution in [0.2, 0.25) is 5.02 Å². The highest BCUT2D eigenvalue weighted by Gasteiger charge is 2.25. The number of rotatable bonds is 6. The molecule has 1 aliphatic carbocycles. The third-order valence-corrected chi connectivity index (χ3v) is 7.38. The van der Waals surface area contributed by atoms with Crippen LogP contribution in [0, 0.1) is 0 Å². The molecule has 1 aliphatic rings. The van der Waals surface area contributed by atoms with Crippen molar-refractivity contribution in [3.63, 3.8) is 0 Å². The molecule has 148 valence electrons. The summed E-state index contributed by atoms with van der Waals surface area (Å²) in [5, 5.41) is 13.8. The van der Waals surface area contributed by atoms with Gasteiger partial charge in [-0.1, -0.05) is 48.3 Å². The normalized spacial score (nSPS) is 14.7. The Balaban J connectivity index is 1.42. The largest absolute Gasteiger partial charge is 0.472 e. The second kappa shape index (κ2) is 8.34. The molecule has 8 heteroatoms. The lowest BCUT2D eigenvalue weighted by molar-refractivity contribution is 0.485. The Kier molecular flexibility index (Phi) is 5.44. The van der Waals surface area contributed by atoms with Gasteiger partial charge in [-0.25, -0.2) is 4.98 Å². The Hall–Kier alpha value is -2.09. The van der Waals surface area contributed by atoms with E-state index < -0.39 is 0 Å². The number of furan rings is 1. The van der Waals surface area contributed by atoms with Crippen LogP contribution in [-0.4, -0.2) is 19.7 Å². The molecule has 0 bridgehead atoms. The van der Waals surface area contributed by atoms with Crippen molar-refractivity contribution in [2.75, 3.05) is 0 Å². The lowest BCUT2D eigenvalue weighted by Gasteiger charge is -2.17. The fraction of sp³-hybridized carbons (Fsp3) is 0.286. The van der Waals surface area contributed by atoms with Gasteiger partial charge >= 0.3 is 0 Å². The summed E-state index contributed by atoms with van der Waals surface area (Å²) in [5.74, 6) is 1.62. The molecular formula is C21H19ClN4OS2. The highest BCUT2D eigenvalue weighted by Crippen LogP contribution is 2.39. The van der Waals surface area contributed by atoms with Gasteiger partial charge in [-0.05, 0) is 31.0 Å². The number of thiazole rings is 1. The van der Waals surface area contributed by atoms with Crippen LogP contribution in [0.25, 0.3) is 22.0 Å². The molecule has 4 aromatic rings. The maximum atomic E-state index is 6.47. The first-order chi connectivity index (χ1) is 14.3. The quantitative estimate of drug-likeness (QED) is 0.310. The maximum absolute atomic E-state index is 6.47. The second-order valence-electron chi connectivity index (χ2n) is 7.04. The highest BCUT2D eigenvalue weighted by atomic mass is 35.5. The highest BCUT2D eigenvalue weighted by molar-refractivity contribution is 7.98. The van der Waals surface area contributed by atoms with E-state index in [1.807, 2.05) is 30.3 Å². The lowest BCUT2D eigenvalue weighted by atomic mass is 10.2. The van der Waals surface area contributed by atoms with E-state index in [1.165, 1.54) is 12.8 Å². The molecule has 0 N–H and O–H groups in total. The van der Waals surface area contributed by atoms with Crippen molar-refractivity contribution < 1.29 is 4.42 Å². The van der Waals surface area contributed by atoms with Crippen molar-refractivity contribution in [3.8, 4) is 22.0 Å². The third-order valence-electron chi connectivity index (χ3n) is 5.14. The average molecular weight is 443 g/mol. The number of nitrogens with zero attached hydrogens (tertiary/aromatic N) is 4. The Morgan fingerprint density at radius 2 is 2.03 bits per heavy atom. The Morgan fingerprint density at radius 1 is 1.17 bits per heavy atom. The first-order valence-corrected chi connectivity index (χ1v) is 11.8. The van der Waals surface area contributed by atoms with Crippen molar-refractivity contribution in [1.29, 1.82) is 0 Å². The van der Waals surface area contributed by atoms with E-state index >= 15 is 0 Å². The molecule has 0 saturated heterocycles. The summed E-state index contributed by atoms with van der Waals surface area (Å²) in [6, 6.07) is 10.2. The predicted molar refractivity (Wildman–Crippen MR) is 117 cm³/mol. The summed E-state index contributed by atoms with van der Waals surface area (Å²) in [5.41, 5.74) is 2.99. The zero-order chi connectivity index (χ0) is 19.6. The van der Waals surface area contributed by atoms with E-state index in [0.717, 1.165) is 51.4 Å². The van der Waals surface area contributed by atoms with Crippen LogP contribution in [0.1, 0.15) is 37.4 Å². The molecule has 0 amide bonds. The van der Waals surface area contributed by atoms with E-state index in [1.54, 1.807) is 35.6 Å². The van der Waals surface area contributed by atoms with Crippen LogP contribution in [-0.2, 0) is 5.75 Å². The van der Waals surface area contributed by atoms with Gasteiger partial charge in [-0.2, -0.15) is 0 Å². The summed E-state index contributed by atoms with van der Waals surface area (Å²) in [4.78, 5) is 4.73. The third kappa shape index (κ3) is 3.86. The van der Waals surface area contributed by atoms with Gasteiger partial charge in [0.05, 0.1) is 17.0 Å². The fourth-order valence-corrected chi connectivity index (χ4v) is 5.75. The minimum atomic E-state index is 0.427. The zero-order valence-electron chi connectivity index (χ0n) is 15.6. The lowest BCUT2D eigenvalue weighted by Crippen LogP contribution is -2.08. The predicted octanol–water partition coefficient (Wildman–Crippen LogP) is 6.72. The Morgan fingerprint density at radius 3 is 2.83 bits per heavy atom. The van der Waals surface area contributed by atoms with Gasteiger partial charge in [0, 0.05) is 28.3 Å². The van der Waals surface area contributed by atoms with Crippen molar-refractivity contribution in [2.45, 2.75) is 42.6 Å². The van der Waals surface area contributed by atoms with Gasteiger partial charge in [0.1, 0.15) is 11.3 Å². The van der Waals surface area contributed by atoms with Crippen molar-refractivity contribution in [2.24, 2.45) is 0 Å². The van der Waals surface area contributed by atoms with Gasteiger partial charge in [-0.15, -0.1) is 21.5 Å². The van der Waals surface area contributed by atoms with Crippen molar-refractivity contribution in [3.05, 3.63) is 59.0 Å². The zero-order valence-corrected chi connectivity index (χ0v) is 18.0. The van der Waals surface area contributed by atoms with Crippen LogP contribution in [0.4, 0.5) is 0 Å². The molecule has 1 fully saturated rings. The van der Waals surface area contributed by atoms with Gasteiger partial charge in [-0.3, -0.25) is 4.57 Å². The number of benzene rings is 1. The smallest absolute Gasteiger partial charge is 0.192 e. The summed E-state index contributed by atoms with van der Waals surface area (Å²) < 4.78 is 7.46. The molecule has 0 spiro atoms. The van der Waals surface area contributed by atoms with Crippen LogP contribution in [0.3, 0.4) is 0 Å². The molecule has 0 aliphatic heterocycles. The molecule has 0 atom stereocenters. The summed E-state index contributed by atoms with van der Waals surface area (Å²) in [6.45, 7) is 0. The molecule has 0 radical (unpaired) electrons. The second-order valence-corrected chi connectivity index (χ2v) is 9.25. The SMILES string of the molecule is Clc1ccccc1-c1nnc(SCc2csc(-c3ccoc3)n2)n1C1CCCC1. The molecule has 1 saturated carbocycles. The topological polar surface area (TPSA) is 56.7 Å². The van der Waals surface area contributed by atoms with E-state index in [9.17, 15) is 0 Å². The first kappa shape index (κ1) is 18.9. The average Bonchev–Trinajstić information content (AvgIpc) is 3.54. The van der Waals surface area contributed by atoms with Crippen LogP contribution < -0.4 is 0 Å². The first-order valence-electron chi connectivity index (χ1n) is 9.59. The molecule has 3 aromatic heterocycles. The molecule has 3 heterocycles. The van der Waals surface area contributed by atoms with Crippen molar-refractivity contribution >= 4 is 34.7 Å². The van der Waals surface area contributed by atoms with E-state index in [-0.39, 0.29) is 0 Å². The molecule has 29 heavy (non-hydrogen) atoms. The molecule has 1 aromatic carbocycles. The standard InChI is InChI=1S/C21H19ClN4OS2/c22-18-8-4-3-7-17(18)19-24-25-21(26(19)16-5-1-2-6-16)29-13-15-12-28-20(23-15)14-9-10-27-11-14/h3-4,7-12,16H,1-2,5-6,13H2. The minimum Gasteiger partial charge on any atom is -0.472 e. The van der Waals surface area contributed by atoms with Gasteiger partial charge in [0.2, 0.25) is 0 Å². The number of hydrogen-bond donors (Lipinski definition) is 0. The number of hydrogen-bond acceptors (Lipinski definition) is 6. The minimum absolute atomic E-state index is 0.427. The summed E-state index contributed by atoms with van der Waals surface area (Å²) >= 11 is 9.78. The summed E-state index contributed by atoms with van der Waals surface area (Å²) in [7, 11) is 0.